The van der Waals surface area contributed by atoms with Crippen LogP contribution in [0.15, 0.2) is 59.4 Å². The Morgan fingerprint density at radius 1 is 1.12 bits per heavy atom. The van der Waals surface area contributed by atoms with Gasteiger partial charge in [-0.2, -0.15) is 0 Å². The lowest BCUT2D eigenvalue weighted by atomic mass is 9.82. The van der Waals surface area contributed by atoms with Gasteiger partial charge in [0.1, 0.15) is 23.2 Å². The highest BCUT2D eigenvalue weighted by molar-refractivity contribution is 6.05. The quantitative estimate of drug-likeness (QED) is 0.228. The number of aryl methyl sites for hydroxylation is 1. The van der Waals surface area contributed by atoms with Crippen LogP contribution in [0.5, 0.6) is 0 Å². The van der Waals surface area contributed by atoms with Gasteiger partial charge in [-0.05, 0) is 48.9 Å². The molecule has 3 aromatic heterocycles. The number of nitrogens with one attached hydrogen (secondary N) is 1. The van der Waals surface area contributed by atoms with Gasteiger partial charge in [-0.1, -0.05) is 38.1 Å². The first kappa shape index (κ1) is 26.7. The zero-order valence-corrected chi connectivity index (χ0v) is 23.4. The number of carboxylic acids is 1. The number of aliphatic carboxylic acids is 1. The molecule has 2 N–H and O–H groups in total. The third-order valence-corrected chi connectivity index (χ3v) is 8.09. The van der Waals surface area contributed by atoms with E-state index in [4.69, 9.17) is 4.42 Å². The normalized spacial score (nSPS) is 15.0. The van der Waals surface area contributed by atoms with Gasteiger partial charge in [-0.3, -0.25) is 9.78 Å². The number of hydrogen-bond donors (Lipinski definition) is 2. The highest BCUT2D eigenvalue weighted by Gasteiger charge is 2.29. The summed E-state index contributed by atoms with van der Waals surface area (Å²) in [4.78, 5) is 27.3. The monoisotopic (exact) mass is 553 g/mol. The second kappa shape index (κ2) is 10.5. The number of carbonyl (C=O) groups is 1. The Morgan fingerprint density at radius 3 is 2.66 bits per heavy atom. The van der Waals surface area contributed by atoms with Crippen molar-refractivity contribution in [1.82, 2.24) is 15.0 Å². The number of halogens is 1. The molecule has 0 spiro atoms. The molecule has 0 amide bonds. The van der Waals surface area contributed by atoms with Crippen molar-refractivity contribution in [3.63, 3.8) is 0 Å². The number of benzene rings is 2. The van der Waals surface area contributed by atoms with Crippen LogP contribution in [0.3, 0.4) is 0 Å². The molecule has 1 aliphatic rings. The number of rotatable bonds is 7. The molecule has 6 rings (SSSR count). The maximum atomic E-state index is 15.6. The molecule has 8 nitrogen and oxygen atoms in total. The standard InChI is InChI=1S/C32H32FN5O3/c1-19-23(15-27(39)40)29(38-12-10-32(2,3)11-13-38)24(17-34-19)20-8-9-21(25(33)14-20)16-35-31-30-28(36-18-37-31)22-6-4-5-7-26(22)41-30/h4-9,14,17-18H,10-13,15-16H2,1-3H3,(H,39,40)(H,35,36,37). The molecule has 1 fully saturated rings. The molecule has 2 aromatic carbocycles. The summed E-state index contributed by atoms with van der Waals surface area (Å²) in [6.45, 7) is 8.14. The molecule has 0 unspecified atom stereocenters. The van der Waals surface area contributed by atoms with Crippen LogP contribution < -0.4 is 10.2 Å². The number of aromatic nitrogens is 3. The van der Waals surface area contributed by atoms with Crippen molar-refractivity contribution in [3.8, 4) is 11.1 Å². The Labute approximate surface area is 237 Å². The Morgan fingerprint density at radius 2 is 1.90 bits per heavy atom. The van der Waals surface area contributed by atoms with Crippen molar-refractivity contribution in [1.29, 1.82) is 0 Å². The van der Waals surface area contributed by atoms with Crippen LogP contribution in [0.1, 0.15) is 43.5 Å². The van der Waals surface area contributed by atoms with Gasteiger partial charge in [0, 0.05) is 53.6 Å². The van der Waals surface area contributed by atoms with Gasteiger partial charge in [0.05, 0.1) is 12.1 Å². The molecule has 0 saturated carbocycles. The summed E-state index contributed by atoms with van der Waals surface area (Å²) in [5.41, 5.74) is 6.23. The van der Waals surface area contributed by atoms with Crippen LogP contribution in [0.4, 0.5) is 15.9 Å². The Kier molecular flexibility index (Phi) is 6.81. The summed E-state index contributed by atoms with van der Waals surface area (Å²) >= 11 is 0. The lowest BCUT2D eigenvalue weighted by Crippen LogP contribution is -2.38. The summed E-state index contributed by atoms with van der Waals surface area (Å²) in [5, 5.41) is 13.8. The smallest absolute Gasteiger partial charge is 0.307 e. The van der Waals surface area contributed by atoms with Crippen molar-refractivity contribution in [2.45, 2.75) is 46.6 Å². The van der Waals surface area contributed by atoms with Crippen LogP contribution in [0, 0.1) is 18.2 Å². The van der Waals surface area contributed by atoms with Crippen LogP contribution in [0.2, 0.25) is 0 Å². The number of anilines is 2. The third kappa shape index (κ3) is 5.19. The van der Waals surface area contributed by atoms with E-state index < -0.39 is 5.97 Å². The number of piperidine rings is 1. The maximum absolute atomic E-state index is 15.6. The van der Waals surface area contributed by atoms with Gasteiger partial charge >= 0.3 is 5.97 Å². The topological polar surface area (TPSA) is 104 Å². The Bertz CT molecular complexity index is 1770. The van der Waals surface area contributed by atoms with Crippen molar-refractivity contribution in [2.24, 2.45) is 5.41 Å². The molecule has 9 heteroatoms. The number of pyridine rings is 1. The average molecular weight is 554 g/mol. The summed E-state index contributed by atoms with van der Waals surface area (Å²) in [6, 6.07) is 12.8. The SMILES string of the molecule is Cc1ncc(-c2ccc(CNc3ncnc4c3oc3ccccc34)c(F)c2)c(N2CCC(C)(C)CC2)c1CC(=O)O. The zero-order valence-electron chi connectivity index (χ0n) is 23.4. The largest absolute Gasteiger partial charge is 0.481 e. The number of nitrogens with zero attached hydrogens (tertiary/aromatic N) is 4. The molecule has 0 radical (unpaired) electrons. The summed E-state index contributed by atoms with van der Waals surface area (Å²) in [5.74, 6) is -0.802. The molecule has 0 aliphatic carbocycles. The second-order valence-corrected chi connectivity index (χ2v) is 11.5. The predicted molar refractivity (Wildman–Crippen MR) is 158 cm³/mol. The summed E-state index contributed by atoms with van der Waals surface area (Å²) in [7, 11) is 0. The predicted octanol–water partition coefficient (Wildman–Crippen LogP) is 6.75. The summed E-state index contributed by atoms with van der Waals surface area (Å²) < 4.78 is 21.5. The van der Waals surface area contributed by atoms with E-state index in [-0.39, 0.29) is 24.2 Å². The van der Waals surface area contributed by atoms with E-state index in [9.17, 15) is 9.90 Å². The van der Waals surface area contributed by atoms with Crippen molar-refractivity contribution >= 4 is 39.5 Å². The minimum atomic E-state index is -0.915. The van der Waals surface area contributed by atoms with Crippen LogP contribution in [-0.4, -0.2) is 39.1 Å². The highest BCUT2D eigenvalue weighted by atomic mass is 19.1. The van der Waals surface area contributed by atoms with E-state index in [1.165, 1.54) is 12.4 Å². The molecule has 5 aromatic rings. The molecule has 41 heavy (non-hydrogen) atoms. The van der Waals surface area contributed by atoms with E-state index in [0.29, 0.717) is 44.9 Å². The van der Waals surface area contributed by atoms with Gasteiger partial charge in [-0.15, -0.1) is 0 Å². The lowest BCUT2D eigenvalue weighted by molar-refractivity contribution is -0.136. The Hall–Kier alpha value is -4.53. The van der Waals surface area contributed by atoms with Gasteiger partial charge < -0.3 is 19.7 Å². The molecule has 4 heterocycles. The molecular weight excluding hydrogens is 521 g/mol. The number of hydrogen-bond acceptors (Lipinski definition) is 7. The first-order chi connectivity index (χ1) is 19.7. The number of carboxylic acid groups (broad SMARTS) is 1. The number of furan rings is 1. The van der Waals surface area contributed by atoms with Crippen LogP contribution >= 0.6 is 0 Å². The van der Waals surface area contributed by atoms with E-state index in [0.717, 1.165) is 42.6 Å². The highest BCUT2D eigenvalue weighted by Crippen LogP contribution is 2.40. The molecule has 0 atom stereocenters. The van der Waals surface area contributed by atoms with E-state index in [1.807, 2.05) is 37.3 Å². The van der Waals surface area contributed by atoms with E-state index in [1.54, 1.807) is 12.3 Å². The fraction of sp³-hybridized carbons (Fsp3) is 0.312. The Balaban J connectivity index is 1.31. The van der Waals surface area contributed by atoms with E-state index in [2.05, 4.69) is 39.0 Å². The zero-order chi connectivity index (χ0) is 28.7. The van der Waals surface area contributed by atoms with Gasteiger partial charge in [0.25, 0.3) is 0 Å². The maximum Gasteiger partial charge on any atom is 0.307 e. The second-order valence-electron chi connectivity index (χ2n) is 11.5. The van der Waals surface area contributed by atoms with Crippen LogP contribution in [-0.2, 0) is 17.8 Å². The third-order valence-electron chi connectivity index (χ3n) is 8.09. The summed E-state index contributed by atoms with van der Waals surface area (Å²) in [6.07, 6.45) is 5.04. The number of para-hydroxylation sites is 1. The minimum Gasteiger partial charge on any atom is -0.481 e. The van der Waals surface area contributed by atoms with Gasteiger partial charge in [0.2, 0.25) is 0 Å². The molecule has 210 valence electrons. The fourth-order valence-corrected chi connectivity index (χ4v) is 5.59. The first-order valence-corrected chi connectivity index (χ1v) is 13.8. The van der Waals surface area contributed by atoms with Crippen molar-refractivity contribution < 1.29 is 18.7 Å². The van der Waals surface area contributed by atoms with Crippen molar-refractivity contribution in [3.05, 3.63) is 77.6 Å². The van der Waals surface area contributed by atoms with E-state index >= 15 is 4.39 Å². The molecule has 1 aliphatic heterocycles. The number of fused-ring (bicyclic) bond motifs is 3. The minimum absolute atomic E-state index is 0.137. The van der Waals surface area contributed by atoms with Gasteiger partial charge in [0.15, 0.2) is 11.4 Å². The first-order valence-electron chi connectivity index (χ1n) is 13.8. The molecular formula is C32H32FN5O3. The lowest BCUT2D eigenvalue weighted by Gasteiger charge is -2.40. The molecule has 0 bridgehead atoms. The average Bonchev–Trinajstić information content (AvgIpc) is 3.33. The molecule has 1 saturated heterocycles. The van der Waals surface area contributed by atoms with Crippen molar-refractivity contribution in [2.75, 3.05) is 23.3 Å². The van der Waals surface area contributed by atoms with Gasteiger partial charge in [-0.25, -0.2) is 14.4 Å². The fourth-order valence-electron chi connectivity index (χ4n) is 5.59. The van der Waals surface area contributed by atoms with Crippen LogP contribution in [0.25, 0.3) is 33.2 Å².